The third kappa shape index (κ3) is 4.15. The molecular formula is C15H24N2O. The molecule has 1 aromatic rings. The minimum absolute atomic E-state index is 0.0419. The van der Waals surface area contributed by atoms with E-state index in [2.05, 4.69) is 19.1 Å². The molecule has 0 aromatic heterocycles. The molecule has 1 rings (SSSR count). The topological polar surface area (TPSA) is 46.3 Å². The first-order valence-electron chi connectivity index (χ1n) is 6.60. The first kappa shape index (κ1) is 14.7. The van der Waals surface area contributed by atoms with Gasteiger partial charge in [-0.3, -0.25) is 4.79 Å². The molecule has 0 heterocycles. The van der Waals surface area contributed by atoms with Gasteiger partial charge in [-0.2, -0.15) is 0 Å². The molecule has 0 aliphatic heterocycles. The lowest BCUT2D eigenvalue weighted by molar-refractivity contribution is -0.132. The Labute approximate surface area is 110 Å². The number of benzene rings is 1. The molecule has 0 spiro atoms. The van der Waals surface area contributed by atoms with E-state index in [1.807, 2.05) is 32.2 Å². The predicted molar refractivity (Wildman–Crippen MR) is 75.2 cm³/mol. The summed E-state index contributed by atoms with van der Waals surface area (Å²) in [6, 6.07) is 9.80. The zero-order valence-corrected chi connectivity index (χ0v) is 11.6. The van der Waals surface area contributed by atoms with E-state index in [-0.39, 0.29) is 17.9 Å². The number of hydrogen-bond acceptors (Lipinski definition) is 2. The van der Waals surface area contributed by atoms with Gasteiger partial charge in [-0.25, -0.2) is 0 Å². The highest BCUT2D eigenvalue weighted by Crippen LogP contribution is 2.08. The number of nitrogens with two attached hydrogens (primary N) is 1. The van der Waals surface area contributed by atoms with E-state index in [9.17, 15) is 4.79 Å². The van der Waals surface area contributed by atoms with Gasteiger partial charge in [-0.15, -0.1) is 0 Å². The lowest BCUT2D eigenvalue weighted by atomic mass is 9.99. The Balaban J connectivity index is 2.45. The van der Waals surface area contributed by atoms with Crippen LogP contribution in [-0.2, 0) is 11.2 Å². The lowest BCUT2D eigenvalue weighted by Crippen LogP contribution is -2.46. The van der Waals surface area contributed by atoms with Crippen LogP contribution in [0.5, 0.6) is 0 Å². The Bertz CT molecular complexity index is 364. The molecular weight excluding hydrogens is 224 g/mol. The van der Waals surface area contributed by atoms with Gasteiger partial charge in [0.25, 0.3) is 0 Å². The Hall–Kier alpha value is -1.35. The van der Waals surface area contributed by atoms with Crippen molar-refractivity contribution in [3.05, 3.63) is 35.9 Å². The van der Waals surface area contributed by atoms with Gasteiger partial charge >= 0.3 is 0 Å². The molecule has 100 valence electrons. The maximum Gasteiger partial charge on any atom is 0.239 e. The van der Waals surface area contributed by atoms with Crippen LogP contribution in [0.2, 0.25) is 0 Å². The first-order valence-corrected chi connectivity index (χ1v) is 6.60. The molecule has 1 amide bonds. The van der Waals surface area contributed by atoms with Crippen molar-refractivity contribution in [1.29, 1.82) is 0 Å². The summed E-state index contributed by atoms with van der Waals surface area (Å²) in [5, 5.41) is 0. The van der Waals surface area contributed by atoms with E-state index < -0.39 is 0 Å². The van der Waals surface area contributed by atoms with Crippen molar-refractivity contribution in [1.82, 2.24) is 4.90 Å². The summed E-state index contributed by atoms with van der Waals surface area (Å²) in [4.78, 5) is 13.8. The van der Waals surface area contributed by atoms with Crippen molar-refractivity contribution in [2.24, 2.45) is 11.7 Å². The molecule has 0 saturated carbocycles. The summed E-state index contributed by atoms with van der Waals surface area (Å²) in [6.45, 7) is 4.79. The average molecular weight is 248 g/mol. The highest BCUT2D eigenvalue weighted by Gasteiger charge is 2.22. The fourth-order valence-corrected chi connectivity index (χ4v) is 1.80. The van der Waals surface area contributed by atoms with Gasteiger partial charge in [0, 0.05) is 13.6 Å². The van der Waals surface area contributed by atoms with Gasteiger partial charge in [0.05, 0.1) is 6.04 Å². The second kappa shape index (κ2) is 7.17. The van der Waals surface area contributed by atoms with Crippen LogP contribution >= 0.6 is 0 Å². The Morgan fingerprint density at radius 3 is 2.50 bits per heavy atom. The third-order valence-electron chi connectivity index (χ3n) is 3.50. The maximum absolute atomic E-state index is 12.1. The van der Waals surface area contributed by atoms with Crippen molar-refractivity contribution in [3.63, 3.8) is 0 Å². The standard InChI is InChI=1S/C15H24N2O/c1-4-12(2)14(16)15(18)17(3)11-10-13-8-6-5-7-9-13/h5-9,12,14H,4,10-11,16H2,1-3H3/t12?,14-/m0/s1. The number of amides is 1. The molecule has 1 unspecified atom stereocenters. The smallest absolute Gasteiger partial charge is 0.239 e. The number of hydrogen-bond donors (Lipinski definition) is 1. The zero-order valence-electron chi connectivity index (χ0n) is 11.6. The van der Waals surface area contributed by atoms with Crippen molar-refractivity contribution >= 4 is 5.91 Å². The monoisotopic (exact) mass is 248 g/mol. The lowest BCUT2D eigenvalue weighted by Gasteiger charge is -2.24. The second-order valence-corrected chi connectivity index (χ2v) is 4.91. The fourth-order valence-electron chi connectivity index (χ4n) is 1.80. The van der Waals surface area contributed by atoms with Crippen LogP contribution in [0.4, 0.5) is 0 Å². The van der Waals surface area contributed by atoms with E-state index >= 15 is 0 Å². The van der Waals surface area contributed by atoms with E-state index in [0.29, 0.717) is 6.54 Å². The number of nitrogens with zero attached hydrogens (tertiary/aromatic N) is 1. The number of carbonyl (C=O) groups excluding carboxylic acids is 1. The average Bonchev–Trinajstić information content (AvgIpc) is 2.43. The summed E-state index contributed by atoms with van der Waals surface area (Å²) in [7, 11) is 1.83. The molecule has 2 N–H and O–H groups in total. The van der Waals surface area contributed by atoms with Crippen LogP contribution in [-0.4, -0.2) is 30.4 Å². The number of likely N-dealkylation sites (N-methyl/N-ethyl adjacent to an activating group) is 1. The molecule has 2 atom stereocenters. The van der Waals surface area contributed by atoms with Crippen LogP contribution in [0.15, 0.2) is 30.3 Å². The van der Waals surface area contributed by atoms with Crippen LogP contribution in [0, 0.1) is 5.92 Å². The molecule has 0 saturated heterocycles. The van der Waals surface area contributed by atoms with Gasteiger partial charge < -0.3 is 10.6 Å². The minimum Gasteiger partial charge on any atom is -0.344 e. The third-order valence-corrected chi connectivity index (χ3v) is 3.50. The Morgan fingerprint density at radius 2 is 1.94 bits per heavy atom. The number of carbonyl (C=O) groups is 1. The first-order chi connectivity index (χ1) is 8.56. The molecule has 0 fully saturated rings. The van der Waals surface area contributed by atoms with E-state index in [1.54, 1.807) is 4.90 Å². The van der Waals surface area contributed by atoms with Gasteiger partial charge in [-0.05, 0) is 17.9 Å². The minimum atomic E-state index is -0.379. The van der Waals surface area contributed by atoms with E-state index in [1.165, 1.54) is 5.56 Å². The van der Waals surface area contributed by atoms with Gasteiger partial charge in [-0.1, -0.05) is 50.6 Å². The highest BCUT2D eigenvalue weighted by atomic mass is 16.2. The highest BCUT2D eigenvalue weighted by molar-refractivity contribution is 5.81. The molecule has 0 aliphatic rings. The summed E-state index contributed by atoms with van der Waals surface area (Å²) in [5.41, 5.74) is 7.19. The molecule has 0 aliphatic carbocycles. The zero-order chi connectivity index (χ0) is 13.5. The van der Waals surface area contributed by atoms with Crippen molar-refractivity contribution < 1.29 is 4.79 Å². The Kier molecular flexibility index (Phi) is 5.86. The van der Waals surface area contributed by atoms with Crippen molar-refractivity contribution in [3.8, 4) is 0 Å². The molecule has 3 nitrogen and oxygen atoms in total. The molecule has 18 heavy (non-hydrogen) atoms. The van der Waals surface area contributed by atoms with E-state index in [0.717, 1.165) is 12.8 Å². The van der Waals surface area contributed by atoms with Gasteiger partial charge in [0.15, 0.2) is 0 Å². The largest absolute Gasteiger partial charge is 0.344 e. The summed E-state index contributed by atoms with van der Waals surface area (Å²) in [6.07, 6.45) is 1.80. The quantitative estimate of drug-likeness (QED) is 0.837. The predicted octanol–water partition coefficient (Wildman–Crippen LogP) is 2.06. The maximum atomic E-state index is 12.1. The molecule has 0 bridgehead atoms. The number of rotatable bonds is 6. The molecule has 3 heteroatoms. The summed E-state index contributed by atoms with van der Waals surface area (Å²) in [5.74, 6) is 0.275. The fraction of sp³-hybridized carbons (Fsp3) is 0.533. The SMILES string of the molecule is CCC(C)[C@H](N)C(=O)N(C)CCc1ccccc1. The second-order valence-electron chi connectivity index (χ2n) is 4.91. The van der Waals surface area contributed by atoms with Gasteiger partial charge in [0.1, 0.15) is 0 Å². The summed E-state index contributed by atoms with van der Waals surface area (Å²) >= 11 is 0. The van der Waals surface area contributed by atoms with Crippen molar-refractivity contribution in [2.75, 3.05) is 13.6 Å². The molecule has 1 aromatic carbocycles. The van der Waals surface area contributed by atoms with Crippen LogP contribution in [0.1, 0.15) is 25.8 Å². The van der Waals surface area contributed by atoms with Crippen molar-refractivity contribution in [2.45, 2.75) is 32.7 Å². The molecule has 0 radical (unpaired) electrons. The van der Waals surface area contributed by atoms with E-state index in [4.69, 9.17) is 5.73 Å². The summed E-state index contributed by atoms with van der Waals surface area (Å²) < 4.78 is 0. The van der Waals surface area contributed by atoms with Crippen LogP contribution in [0.3, 0.4) is 0 Å². The van der Waals surface area contributed by atoms with Crippen LogP contribution < -0.4 is 5.73 Å². The normalized spacial score (nSPS) is 14.0. The van der Waals surface area contributed by atoms with Gasteiger partial charge in [0.2, 0.25) is 5.91 Å². The Morgan fingerprint density at radius 1 is 1.33 bits per heavy atom. The van der Waals surface area contributed by atoms with Crippen LogP contribution in [0.25, 0.3) is 0 Å².